The smallest absolute Gasteiger partial charge is 0.244 e. The molecule has 0 radical (unpaired) electrons. The third kappa shape index (κ3) is 3.37. The van der Waals surface area contributed by atoms with Crippen molar-refractivity contribution in [2.75, 3.05) is 37.9 Å². The summed E-state index contributed by atoms with van der Waals surface area (Å²) in [6.07, 6.45) is 0. The van der Waals surface area contributed by atoms with E-state index in [0.29, 0.717) is 32.1 Å². The number of thioether (sulfide) groups is 1. The Morgan fingerprint density at radius 1 is 1.22 bits per heavy atom. The van der Waals surface area contributed by atoms with E-state index in [1.807, 2.05) is 0 Å². The van der Waals surface area contributed by atoms with Crippen molar-refractivity contribution in [1.29, 1.82) is 0 Å². The molecule has 2 aliphatic heterocycles. The van der Waals surface area contributed by atoms with Crippen LogP contribution in [0.3, 0.4) is 0 Å². The number of ether oxygens (including phenoxy) is 1. The summed E-state index contributed by atoms with van der Waals surface area (Å²) in [4.78, 5) is 14.3. The van der Waals surface area contributed by atoms with Gasteiger partial charge in [-0.25, -0.2) is 12.8 Å². The third-order valence-electron chi connectivity index (χ3n) is 3.87. The Balaban J connectivity index is 1.82. The quantitative estimate of drug-likeness (QED) is 0.796. The molecule has 2 heterocycles. The molecule has 2 saturated heterocycles. The predicted molar refractivity (Wildman–Crippen MR) is 83.9 cm³/mol. The molecule has 0 spiro atoms. The number of carbonyl (C=O) groups excluding carboxylic acids is 1. The molecule has 3 rings (SSSR count). The van der Waals surface area contributed by atoms with E-state index in [1.54, 1.807) is 4.90 Å². The van der Waals surface area contributed by atoms with Gasteiger partial charge in [0, 0.05) is 18.8 Å². The van der Waals surface area contributed by atoms with Crippen LogP contribution in [0, 0.1) is 5.82 Å². The summed E-state index contributed by atoms with van der Waals surface area (Å²) in [5.74, 6) is -0.0402. The molecule has 1 aromatic carbocycles. The number of sulfonamides is 1. The van der Waals surface area contributed by atoms with Gasteiger partial charge in [-0.3, -0.25) is 4.79 Å². The minimum absolute atomic E-state index is 0.00109. The van der Waals surface area contributed by atoms with Crippen molar-refractivity contribution >= 4 is 27.7 Å². The van der Waals surface area contributed by atoms with Gasteiger partial charge >= 0.3 is 0 Å². The number of nitrogens with zero attached hydrogens (tertiary/aromatic N) is 2. The topological polar surface area (TPSA) is 66.9 Å². The van der Waals surface area contributed by atoms with Crippen molar-refractivity contribution < 1.29 is 22.3 Å². The number of hydrogen-bond donors (Lipinski definition) is 0. The number of hydrogen-bond acceptors (Lipinski definition) is 5. The lowest BCUT2D eigenvalue weighted by Gasteiger charge is -2.31. The van der Waals surface area contributed by atoms with Crippen LogP contribution in [-0.2, 0) is 19.6 Å². The van der Waals surface area contributed by atoms with Crippen molar-refractivity contribution in [3.05, 3.63) is 30.1 Å². The summed E-state index contributed by atoms with van der Waals surface area (Å²) in [5, 5.41) is 0. The van der Waals surface area contributed by atoms with Crippen LogP contribution in [0.1, 0.15) is 0 Å². The van der Waals surface area contributed by atoms with Crippen LogP contribution in [0.4, 0.5) is 4.39 Å². The zero-order valence-corrected chi connectivity index (χ0v) is 14.0. The van der Waals surface area contributed by atoms with Crippen molar-refractivity contribution in [2.24, 2.45) is 0 Å². The molecule has 0 saturated carbocycles. The van der Waals surface area contributed by atoms with Gasteiger partial charge in [0.2, 0.25) is 15.9 Å². The Morgan fingerprint density at radius 2 is 1.87 bits per heavy atom. The molecule has 2 fully saturated rings. The highest BCUT2D eigenvalue weighted by Gasteiger charge is 2.41. The molecular weight excluding hydrogens is 343 g/mol. The molecule has 1 amide bonds. The van der Waals surface area contributed by atoms with Crippen LogP contribution in [-0.4, -0.2) is 67.5 Å². The Hall–Kier alpha value is -1.16. The molecule has 0 bridgehead atoms. The van der Waals surface area contributed by atoms with Crippen molar-refractivity contribution in [3.8, 4) is 0 Å². The monoisotopic (exact) mass is 360 g/mol. The van der Waals surface area contributed by atoms with E-state index >= 15 is 0 Å². The minimum Gasteiger partial charge on any atom is -0.378 e. The lowest BCUT2D eigenvalue weighted by Crippen LogP contribution is -2.51. The van der Waals surface area contributed by atoms with Gasteiger partial charge in [0.25, 0.3) is 0 Å². The van der Waals surface area contributed by atoms with Gasteiger partial charge in [0.05, 0.1) is 24.0 Å². The van der Waals surface area contributed by atoms with Crippen LogP contribution in [0.25, 0.3) is 0 Å². The van der Waals surface area contributed by atoms with Crippen molar-refractivity contribution in [3.63, 3.8) is 0 Å². The van der Waals surface area contributed by atoms with Gasteiger partial charge in [-0.15, -0.1) is 11.8 Å². The zero-order valence-electron chi connectivity index (χ0n) is 12.4. The van der Waals surface area contributed by atoms with Crippen LogP contribution in [0.5, 0.6) is 0 Å². The SMILES string of the molecule is O=C([C@@H]1CSCN1S(=O)(=O)c1ccc(F)cc1)N1CCOCC1. The molecule has 9 heteroatoms. The predicted octanol–water partition coefficient (Wildman–Crippen LogP) is 0.748. The summed E-state index contributed by atoms with van der Waals surface area (Å²) in [7, 11) is -3.82. The molecule has 0 N–H and O–H groups in total. The first-order chi connectivity index (χ1) is 11.0. The Morgan fingerprint density at radius 3 is 2.52 bits per heavy atom. The first-order valence-electron chi connectivity index (χ1n) is 7.22. The lowest BCUT2D eigenvalue weighted by molar-refractivity contribution is -0.138. The Labute approximate surface area is 138 Å². The van der Waals surface area contributed by atoms with Gasteiger partial charge in [0.15, 0.2) is 0 Å². The Bertz CT molecular complexity index is 675. The molecule has 23 heavy (non-hydrogen) atoms. The first kappa shape index (κ1) is 16.7. The second-order valence-corrected chi connectivity index (χ2v) is 8.19. The molecule has 1 aromatic rings. The molecular formula is C14H17FN2O4S2. The normalized spacial score (nSPS) is 23.2. The number of morpholine rings is 1. The van der Waals surface area contributed by atoms with E-state index in [2.05, 4.69) is 0 Å². The van der Waals surface area contributed by atoms with Crippen LogP contribution >= 0.6 is 11.8 Å². The fraction of sp³-hybridized carbons (Fsp3) is 0.500. The fourth-order valence-electron chi connectivity index (χ4n) is 2.60. The van der Waals surface area contributed by atoms with E-state index < -0.39 is 21.9 Å². The van der Waals surface area contributed by atoms with Crippen LogP contribution < -0.4 is 0 Å². The standard InChI is InChI=1S/C14H17FN2O4S2/c15-11-1-3-12(4-2-11)23(19,20)17-10-22-9-13(17)14(18)16-5-7-21-8-6-16/h1-4,13H,5-10H2/t13-/m0/s1. The van der Waals surface area contributed by atoms with Crippen LogP contribution in [0.15, 0.2) is 29.2 Å². The second kappa shape index (κ2) is 6.76. The van der Waals surface area contributed by atoms with E-state index in [-0.39, 0.29) is 16.7 Å². The molecule has 0 unspecified atom stereocenters. The number of halogens is 1. The molecule has 126 valence electrons. The summed E-state index contributed by atoms with van der Waals surface area (Å²) >= 11 is 1.40. The van der Waals surface area contributed by atoms with E-state index in [9.17, 15) is 17.6 Å². The Kier molecular flexibility index (Phi) is 4.90. The van der Waals surface area contributed by atoms with Gasteiger partial charge < -0.3 is 9.64 Å². The summed E-state index contributed by atoms with van der Waals surface area (Å²) < 4.78 is 44.9. The molecule has 0 aliphatic carbocycles. The lowest BCUT2D eigenvalue weighted by atomic mass is 10.2. The molecule has 1 atom stereocenters. The summed E-state index contributed by atoms with van der Waals surface area (Å²) in [5.41, 5.74) is 0. The van der Waals surface area contributed by atoms with E-state index in [4.69, 9.17) is 4.74 Å². The first-order valence-corrected chi connectivity index (χ1v) is 9.81. The van der Waals surface area contributed by atoms with Gasteiger partial charge in [-0.2, -0.15) is 4.31 Å². The van der Waals surface area contributed by atoms with E-state index in [0.717, 1.165) is 12.1 Å². The third-order valence-corrected chi connectivity index (χ3v) is 6.91. The highest BCUT2D eigenvalue weighted by molar-refractivity contribution is 8.00. The zero-order chi connectivity index (χ0) is 16.4. The maximum atomic E-state index is 13.0. The fourth-order valence-corrected chi connectivity index (χ4v) is 5.73. The second-order valence-electron chi connectivity index (χ2n) is 5.30. The maximum absolute atomic E-state index is 13.0. The highest BCUT2D eigenvalue weighted by Crippen LogP contribution is 2.29. The highest BCUT2D eigenvalue weighted by atomic mass is 32.2. The molecule has 0 aromatic heterocycles. The number of carbonyl (C=O) groups is 1. The number of benzene rings is 1. The van der Waals surface area contributed by atoms with E-state index in [1.165, 1.54) is 28.2 Å². The molecule has 2 aliphatic rings. The summed E-state index contributed by atoms with van der Waals surface area (Å²) in [6, 6.07) is 3.95. The van der Waals surface area contributed by atoms with Gasteiger partial charge in [0.1, 0.15) is 11.9 Å². The average Bonchev–Trinajstić information content (AvgIpc) is 3.06. The van der Waals surface area contributed by atoms with Crippen molar-refractivity contribution in [2.45, 2.75) is 10.9 Å². The number of rotatable bonds is 3. The van der Waals surface area contributed by atoms with Crippen molar-refractivity contribution in [1.82, 2.24) is 9.21 Å². The largest absolute Gasteiger partial charge is 0.378 e. The molecule has 6 nitrogen and oxygen atoms in total. The summed E-state index contributed by atoms with van der Waals surface area (Å²) in [6.45, 7) is 1.89. The number of amides is 1. The average molecular weight is 360 g/mol. The van der Waals surface area contributed by atoms with Gasteiger partial charge in [-0.05, 0) is 24.3 Å². The van der Waals surface area contributed by atoms with Crippen LogP contribution in [0.2, 0.25) is 0 Å². The maximum Gasteiger partial charge on any atom is 0.244 e. The minimum atomic E-state index is -3.82. The van der Waals surface area contributed by atoms with Gasteiger partial charge in [-0.1, -0.05) is 0 Å².